The van der Waals surface area contributed by atoms with Crippen molar-refractivity contribution in [3.05, 3.63) is 48.0 Å². The number of carbonyl (C=O) groups is 2. The molecule has 0 aliphatic carbocycles. The minimum Gasteiger partial charge on any atom is -0.495 e. The van der Waals surface area contributed by atoms with Gasteiger partial charge in [0.2, 0.25) is 11.8 Å². The van der Waals surface area contributed by atoms with Crippen molar-refractivity contribution < 1.29 is 22.7 Å². The van der Waals surface area contributed by atoms with Gasteiger partial charge in [-0.15, -0.1) is 0 Å². The average Bonchev–Trinajstić information content (AvgIpc) is 2.60. The quantitative estimate of drug-likeness (QED) is 0.757. The van der Waals surface area contributed by atoms with Crippen molar-refractivity contribution in [3.8, 4) is 5.75 Å². The fraction of sp³-hybridized carbons (Fsp3) is 0.263. The Kier molecular flexibility index (Phi) is 6.57. The van der Waals surface area contributed by atoms with Gasteiger partial charge in [-0.25, -0.2) is 8.42 Å². The van der Waals surface area contributed by atoms with Gasteiger partial charge in [0.05, 0.1) is 23.4 Å². The van der Waals surface area contributed by atoms with Gasteiger partial charge >= 0.3 is 0 Å². The highest BCUT2D eigenvalue weighted by Crippen LogP contribution is 2.28. The Bertz CT molecular complexity index is 937. The highest BCUT2D eigenvalue weighted by molar-refractivity contribution is 7.91. The number of amides is 2. The zero-order valence-electron chi connectivity index (χ0n) is 15.4. The second-order valence-corrected chi connectivity index (χ2v) is 8.14. The van der Waals surface area contributed by atoms with E-state index in [2.05, 4.69) is 10.6 Å². The Morgan fingerprint density at radius 3 is 2.30 bits per heavy atom. The number of anilines is 2. The van der Waals surface area contributed by atoms with Crippen LogP contribution in [0.2, 0.25) is 0 Å². The molecule has 0 spiro atoms. The number of methoxy groups -OCH3 is 1. The zero-order chi connectivity index (χ0) is 20.0. The maximum Gasteiger partial charge on any atom is 0.225 e. The summed E-state index contributed by atoms with van der Waals surface area (Å²) in [7, 11) is -2.10. The maximum atomic E-state index is 12.3. The first kappa shape index (κ1) is 20.4. The van der Waals surface area contributed by atoms with Crippen LogP contribution in [-0.2, 0) is 19.4 Å². The largest absolute Gasteiger partial charge is 0.495 e. The van der Waals surface area contributed by atoms with Crippen LogP contribution in [0.25, 0.3) is 0 Å². The number of sulfone groups is 1. The summed E-state index contributed by atoms with van der Waals surface area (Å²) in [6.07, 6.45) is -0.205. The Hall–Kier alpha value is -2.87. The molecule has 0 aromatic heterocycles. The van der Waals surface area contributed by atoms with Crippen molar-refractivity contribution in [1.82, 2.24) is 0 Å². The van der Waals surface area contributed by atoms with Gasteiger partial charge in [-0.1, -0.05) is 17.7 Å². The number of carbonyl (C=O) groups excluding carboxylic acids is 2. The first-order valence-electron chi connectivity index (χ1n) is 8.26. The highest BCUT2D eigenvalue weighted by Gasteiger charge is 2.17. The van der Waals surface area contributed by atoms with E-state index in [4.69, 9.17) is 4.74 Å². The van der Waals surface area contributed by atoms with Crippen LogP contribution in [0.5, 0.6) is 5.75 Å². The molecule has 0 aliphatic heterocycles. The van der Waals surface area contributed by atoms with Crippen LogP contribution in [0.3, 0.4) is 0 Å². The molecule has 27 heavy (non-hydrogen) atoms. The molecule has 2 amide bonds. The topological polar surface area (TPSA) is 102 Å². The third-order valence-electron chi connectivity index (χ3n) is 3.77. The summed E-state index contributed by atoms with van der Waals surface area (Å²) in [5, 5.41) is 5.24. The van der Waals surface area contributed by atoms with Gasteiger partial charge in [-0.3, -0.25) is 9.59 Å². The van der Waals surface area contributed by atoms with Gasteiger partial charge in [-0.2, -0.15) is 0 Å². The fourth-order valence-corrected chi connectivity index (χ4v) is 3.63. The van der Waals surface area contributed by atoms with E-state index in [9.17, 15) is 18.0 Å². The minimum absolute atomic E-state index is 0.186. The molecular formula is C19H22N2O5S. The Morgan fingerprint density at radius 1 is 1.04 bits per heavy atom. The van der Waals surface area contributed by atoms with E-state index >= 15 is 0 Å². The molecule has 8 heteroatoms. The Morgan fingerprint density at radius 2 is 1.70 bits per heavy atom. The molecule has 7 nitrogen and oxygen atoms in total. The molecular weight excluding hydrogens is 368 g/mol. The van der Waals surface area contributed by atoms with E-state index in [1.165, 1.54) is 26.2 Å². The normalized spacial score (nSPS) is 10.9. The van der Waals surface area contributed by atoms with Crippen LogP contribution in [0.4, 0.5) is 11.4 Å². The van der Waals surface area contributed by atoms with Crippen LogP contribution in [0, 0.1) is 6.92 Å². The van der Waals surface area contributed by atoms with E-state index in [1.54, 1.807) is 30.3 Å². The molecule has 144 valence electrons. The van der Waals surface area contributed by atoms with Crippen molar-refractivity contribution in [2.45, 2.75) is 25.2 Å². The van der Waals surface area contributed by atoms with Gasteiger partial charge in [-0.05, 0) is 37.3 Å². The van der Waals surface area contributed by atoms with Crippen LogP contribution >= 0.6 is 0 Å². The number of hydrogen-bond acceptors (Lipinski definition) is 5. The molecule has 0 atom stereocenters. The van der Waals surface area contributed by atoms with Crippen molar-refractivity contribution in [3.63, 3.8) is 0 Å². The number of rotatable bonds is 7. The van der Waals surface area contributed by atoms with E-state index in [-0.39, 0.29) is 23.0 Å². The van der Waals surface area contributed by atoms with E-state index in [1.807, 2.05) is 6.92 Å². The van der Waals surface area contributed by atoms with E-state index < -0.39 is 15.7 Å². The van der Waals surface area contributed by atoms with Crippen molar-refractivity contribution >= 4 is 33.0 Å². The lowest BCUT2D eigenvalue weighted by Crippen LogP contribution is -2.18. The lowest BCUT2D eigenvalue weighted by Gasteiger charge is -2.12. The smallest absolute Gasteiger partial charge is 0.225 e. The van der Waals surface area contributed by atoms with Gasteiger partial charge in [0, 0.05) is 19.0 Å². The summed E-state index contributed by atoms with van der Waals surface area (Å²) in [4.78, 5) is 23.6. The molecule has 2 aromatic rings. The molecule has 0 bridgehead atoms. The second kappa shape index (κ2) is 8.68. The molecule has 0 fully saturated rings. The lowest BCUT2D eigenvalue weighted by molar-refractivity contribution is -0.116. The van der Waals surface area contributed by atoms with Gasteiger partial charge in [0.1, 0.15) is 5.75 Å². The van der Waals surface area contributed by atoms with Gasteiger partial charge in [0.25, 0.3) is 0 Å². The number of nitrogens with one attached hydrogen (secondary N) is 2. The summed E-state index contributed by atoms with van der Waals surface area (Å²) in [5.41, 5.74) is 1.80. The predicted octanol–water partition coefficient (Wildman–Crippen LogP) is 2.76. The molecule has 2 N–H and O–H groups in total. The molecule has 2 rings (SSSR count). The Labute approximate surface area is 158 Å². The number of ether oxygens (including phenoxy) is 1. The van der Waals surface area contributed by atoms with E-state index in [0.717, 1.165) is 5.56 Å². The van der Waals surface area contributed by atoms with E-state index in [0.29, 0.717) is 17.1 Å². The number of benzene rings is 2. The van der Waals surface area contributed by atoms with Crippen LogP contribution in [0.1, 0.15) is 18.9 Å². The molecule has 0 saturated heterocycles. The summed E-state index contributed by atoms with van der Waals surface area (Å²) in [5.74, 6) is -0.625. The number of hydrogen-bond donors (Lipinski definition) is 2. The summed E-state index contributed by atoms with van der Waals surface area (Å²) in [6.45, 7) is 3.24. The molecule has 0 unspecified atom stereocenters. The lowest BCUT2D eigenvalue weighted by atomic mass is 10.2. The van der Waals surface area contributed by atoms with Crippen LogP contribution in [0.15, 0.2) is 47.4 Å². The fourth-order valence-electron chi connectivity index (χ4n) is 2.39. The van der Waals surface area contributed by atoms with Gasteiger partial charge < -0.3 is 15.4 Å². The van der Waals surface area contributed by atoms with Crippen molar-refractivity contribution in [1.29, 1.82) is 0 Å². The van der Waals surface area contributed by atoms with Crippen LogP contribution < -0.4 is 15.4 Å². The second-order valence-electron chi connectivity index (χ2n) is 6.03. The molecule has 2 aromatic carbocycles. The average molecular weight is 390 g/mol. The van der Waals surface area contributed by atoms with Crippen molar-refractivity contribution in [2.75, 3.05) is 23.5 Å². The molecule has 0 radical (unpaired) electrons. The predicted molar refractivity (Wildman–Crippen MR) is 104 cm³/mol. The van der Waals surface area contributed by atoms with Crippen molar-refractivity contribution in [2.24, 2.45) is 0 Å². The highest BCUT2D eigenvalue weighted by atomic mass is 32.2. The standard InChI is InChI=1S/C19H22N2O5S/c1-13-4-7-16(8-5-13)27(24,25)11-10-19(23)21-17-12-15(20-14(2)22)6-9-18(17)26-3/h4-9,12H,10-11H2,1-3H3,(H,20,22)(H,21,23). The minimum atomic E-state index is -3.55. The Balaban J connectivity index is 2.06. The molecule has 0 saturated carbocycles. The zero-order valence-corrected chi connectivity index (χ0v) is 16.2. The maximum absolute atomic E-state index is 12.3. The van der Waals surface area contributed by atoms with Gasteiger partial charge in [0.15, 0.2) is 9.84 Å². The summed E-state index contributed by atoms with van der Waals surface area (Å²) in [6, 6.07) is 11.3. The summed E-state index contributed by atoms with van der Waals surface area (Å²) < 4.78 is 29.9. The first-order valence-corrected chi connectivity index (χ1v) is 9.91. The number of aryl methyl sites for hydroxylation is 1. The third kappa shape index (κ3) is 5.82. The molecule has 0 aliphatic rings. The third-order valence-corrected chi connectivity index (χ3v) is 5.50. The first-order chi connectivity index (χ1) is 12.7. The molecule has 0 heterocycles. The monoisotopic (exact) mass is 390 g/mol. The SMILES string of the molecule is COc1ccc(NC(C)=O)cc1NC(=O)CCS(=O)(=O)c1ccc(C)cc1. The summed E-state index contributed by atoms with van der Waals surface area (Å²) >= 11 is 0. The van der Waals surface area contributed by atoms with Crippen LogP contribution in [-0.4, -0.2) is 33.1 Å².